The summed E-state index contributed by atoms with van der Waals surface area (Å²) in [6.07, 6.45) is 5.23. The van der Waals surface area contributed by atoms with Crippen molar-refractivity contribution in [3.63, 3.8) is 0 Å². The van der Waals surface area contributed by atoms with E-state index < -0.39 is 0 Å². The minimum absolute atomic E-state index is 0.0586. The van der Waals surface area contributed by atoms with Gasteiger partial charge in [-0.3, -0.25) is 4.79 Å². The number of nitrogens with one attached hydrogen (secondary N) is 1. The highest BCUT2D eigenvalue weighted by molar-refractivity contribution is 7.09. The molecule has 30 heavy (non-hydrogen) atoms. The Morgan fingerprint density at radius 3 is 2.47 bits per heavy atom. The van der Waals surface area contributed by atoms with Gasteiger partial charge in [0.25, 0.3) is 0 Å². The fraction of sp³-hybridized carbons (Fsp3) is 0.478. The molecule has 1 aliphatic rings. The van der Waals surface area contributed by atoms with Crippen LogP contribution in [0.25, 0.3) is 0 Å². The van der Waals surface area contributed by atoms with Crippen molar-refractivity contribution in [1.29, 1.82) is 0 Å². The zero-order valence-corrected chi connectivity index (χ0v) is 18.3. The number of rotatable bonds is 8. The Morgan fingerprint density at radius 2 is 1.83 bits per heavy atom. The first-order valence-electron chi connectivity index (χ1n) is 10.7. The van der Waals surface area contributed by atoms with Crippen LogP contribution in [-0.4, -0.2) is 40.9 Å². The first-order chi connectivity index (χ1) is 14.6. The Labute approximate surface area is 181 Å². The molecule has 1 aromatic carbocycles. The zero-order chi connectivity index (χ0) is 21.3. The molecule has 0 spiro atoms. The molecule has 1 saturated carbocycles. The number of hydrogen-bond donors (Lipinski definition) is 1. The van der Waals surface area contributed by atoms with Crippen LogP contribution in [0.1, 0.15) is 49.5 Å². The van der Waals surface area contributed by atoms with Crippen LogP contribution in [0.3, 0.4) is 0 Å². The summed E-state index contributed by atoms with van der Waals surface area (Å²) in [6.45, 7) is 3.33. The lowest BCUT2D eigenvalue weighted by molar-refractivity contribution is -0.133. The average molecular weight is 432 g/mol. The first kappa shape index (κ1) is 22.3. The molecule has 1 N–H and O–H groups in total. The predicted octanol–water partition coefficient (Wildman–Crippen LogP) is 4.78. The van der Waals surface area contributed by atoms with E-state index in [4.69, 9.17) is 0 Å². The van der Waals surface area contributed by atoms with Gasteiger partial charge in [0.05, 0.1) is 6.54 Å². The first-order valence-corrected chi connectivity index (χ1v) is 11.5. The molecule has 2 aromatic rings. The van der Waals surface area contributed by atoms with Gasteiger partial charge >= 0.3 is 6.03 Å². The van der Waals surface area contributed by atoms with Crippen molar-refractivity contribution in [3.8, 4) is 0 Å². The summed E-state index contributed by atoms with van der Waals surface area (Å²) in [5.74, 6) is -0.390. The molecule has 0 bridgehead atoms. The van der Waals surface area contributed by atoms with Crippen LogP contribution in [0.2, 0.25) is 0 Å². The van der Waals surface area contributed by atoms with Gasteiger partial charge in [0.1, 0.15) is 12.4 Å². The largest absolute Gasteiger partial charge is 0.338 e. The minimum Gasteiger partial charge on any atom is -0.338 e. The molecule has 1 fully saturated rings. The maximum Gasteiger partial charge on any atom is 0.318 e. The monoisotopic (exact) mass is 431 g/mol. The van der Waals surface area contributed by atoms with Gasteiger partial charge in [-0.1, -0.05) is 37.5 Å². The highest BCUT2D eigenvalue weighted by atomic mass is 32.1. The quantitative estimate of drug-likeness (QED) is 0.654. The molecule has 1 aliphatic carbocycles. The van der Waals surface area contributed by atoms with Crippen molar-refractivity contribution in [1.82, 2.24) is 15.1 Å². The Bertz CT molecular complexity index is 804. The van der Waals surface area contributed by atoms with Gasteiger partial charge in [-0.05, 0) is 48.9 Å². The fourth-order valence-corrected chi connectivity index (χ4v) is 4.61. The van der Waals surface area contributed by atoms with Gasteiger partial charge in [0, 0.05) is 24.0 Å². The van der Waals surface area contributed by atoms with E-state index in [1.54, 1.807) is 33.3 Å². The maximum atomic E-state index is 13.3. The number of amides is 3. The number of thiophene rings is 1. The number of benzene rings is 1. The fourth-order valence-electron chi connectivity index (χ4n) is 3.89. The zero-order valence-electron chi connectivity index (χ0n) is 17.5. The number of hydrogen-bond acceptors (Lipinski definition) is 3. The van der Waals surface area contributed by atoms with Crippen LogP contribution >= 0.6 is 11.3 Å². The molecule has 162 valence electrons. The van der Waals surface area contributed by atoms with E-state index in [0.717, 1.165) is 36.1 Å². The molecule has 1 heterocycles. The second kappa shape index (κ2) is 11.1. The Morgan fingerprint density at radius 1 is 1.10 bits per heavy atom. The molecule has 0 atom stereocenters. The number of carbonyl (C=O) groups is 2. The standard InChI is InChI=1S/C23H30FN3O2S/c1-2-25-23(29)27(20-7-4-3-5-8-20)17-22(28)26(16-21-9-6-14-30-21)15-18-10-12-19(24)13-11-18/h6,9-14,20H,2-5,7-8,15-17H2,1H3,(H,25,29). The van der Waals surface area contributed by atoms with E-state index in [-0.39, 0.29) is 30.3 Å². The molecule has 0 saturated heterocycles. The van der Waals surface area contributed by atoms with Crippen LogP contribution < -0.4 is 5.32 Å². The van der Waals surface area contributed by atoms with Gasteiger partial charge in [0.2, 0.25) is 5.91 Å². The van der Waals surface area contributed by atoms with Crippen LogP contribution in [0, 0.1) is 5.82 Å². The second-order valence-electron chi connectivity index (χ2n) is 7.71. The van der Waals surface area contributed by atoms with Crippen molar-refractivity contribution < 1.29 is 14.0 Å². The van der Waals surface area contributed by atoms with Crippen molar-refractivity contribution in [2.75, 3.05) is 13.1 Å². The summed E-state index contributed by atoms with van der Waals surface area (Å²) in [6, 6.07) is 10.1. The number of carbonyl (C=O) groups excluding carboxylic acids is 2. The van der Waals surface area contributed by atoms with Crippen molar-refractivity contribution >= 4 is 23.3 Å². The van der Waals surface area contributed by atoms with E-state index in [0.29, 0.717) is 19.6 Å². The second-order valence-corrected chi connectivity index (χ2v) is 8.74. The molecule has 7 heteroatoms. The molecule has 0 radical (unpaired) electrons. The summed E-state index contributed by atoms with van der Waals surface area (Å²) in [5.41, 5.74) is 0.864. The van der Waals surface area contributed by atoms with E-state index >= 15 is 0 Å². The number of urea groups is 1. The van der Waals surface area contributed by atoms with E-state index in [1.165, 1.54) is 18.6 Å². The molecule has 0 aliphatic heterocycles. The van der Waals surface area contributed by atoms with Gasteiger partial charge in [-0.2, -0.15) is 0 Å². The van der Waals surface area contributed by atoms with Gasteiger partial charge in [-0.15, -0.1) is 11.3 Å². The molecule has 3 amide bonds. The predicted molar refractivity (Wildman–Crippen MR) is 118 cm³/mol. The van der Waals surface area contributed by atoms with Crippen LogP contribution in [0.5, 0.6) is 0 Å². The van der Waals surface area contributed by atoms with Gasteiger partial charge in [0.15, 0.2) is 0 Å². The molecule has 5 nitrogen and oxygen atoms in total. The van der Waals surface area contributed by atoms with Crippen LogP contribution in [-0.2, 0) is 17.9 Å². The van der Waals surface area contributed by atoms with Gasteiger partial charge < -0.3 is 15.1 Å². The molecule has 0 unspecified atom stereocenters. The molecule has 3 rings (SSSR count). The Kier molecular flexibility index (Phi) is 8.25. The van der Waals surface area contributed by atoms with Crippen molar-refractivity contribution in [2.45, 2.75) is 58.2 Å². The SMILES string of the molecule is CCNC(=O)N(CC(=O)N(Cc1ccc(F)cc1)Cc1cccs1)C1CCCCC1. The summed E-state index contributed by atoms with van der Waals surface area (Å²) < 4.78 is 13.3. The molecular formula is C23H30FN3O2S. The molecule has 1 aromatic heterocycles. The summed E-state index contributed by atoms with van der Waals surface area (Å²) in [5, 5.41) is 4.85. The lowest BCUT2D eigenvalue weighted by Crippen LogP contribution is -2.51. The normalized spacial score (nSPS) is 14.3. The van der Waals surface area contributed by atoms with Crippen LogP contribution in [0.15, 0.2) is 41.8 Å². The lowest BCUT2D eigenvalue weighted by atomic mass is 9.94. The van der Waals surface area contributed by atoms with E-state index in [1.807, 2.05) is 24.4 Å². The number of halogens is 1. The van der Waals surface area contributed by atoms with Crippen molar-refractivity contribution in [3.05, 3.63) is 58.0 Å². The minimum atomic E-state index is -0.297. The van der Waals surface area contributed by atoms with Gasteiger partial charge in [-0.25, -0.2) is 9.18 Å². The summed E-state index contributed by atoms with van der Waals surface area (Å²) in [4.78, 5) is 30.6. The smallest absolute Gasteiger partial charge is 0.318 e. The van der Waals surface area contributed by atoms with E-state index in [2.05, 4.69) is 5.32 Å². The third-order valence-corrected chi connectivity index (χ3v) is 6.34. The topological polar surface area (TPSA) is 52.7 Å². The van der Waals surface area contributed by atoms with E-state index in [9.17, 15) is 14.0 Å². The Balaban J connectivity index is 1.76. The third kappa shape index (κ3) is 6.29. The van der Waals surface area contributed by atoms with Crippen LogP contribution in [0.4, 0.5) is 9.18 Å². The maximum absolute atomic E-state index is 13.3. The summed E-state index contributed by atoms with van der Waals surface area (Å²) >= 11 is 1.60. The highest BCUT2D eigenvalue weighted by Crippen LogP contribution is 2.23. The third-order valence-electron chi connectivity index (χ3n) is 5.48. The van der Waals surface area contributed by atoms with Crippen molar-refractivity contribution in [2.24, 2.45) is 0 Å². The molecular weight excluding hydrogens is 401 g/mol. The highest BCUT2D eigenvalue weighted by Gasteiger charge is 2.29. The Hall–Kier alpha value is -2.41. The average Bonchev–Trinajstić information content (AvgIpc) is 3.27. The summed E-state index contributed by atoms with van der Waals surface area (Å²) in [7, 11) is 0. The number of nitrogens with zero attached hydrogens (tertiary/aromatic N) is 2. The lowest BCUT2D eigenvalue weighted by Gasteiger charge is -2.35.